The van der Waals surface area contributed by atoms with Crippen LogP contribution in [0.25, 0.3) is 0 Å². The minimum absolute atomic E-state index is 0.0102. The fraction of sp³-hybridized carbons (Fsp3) is 0.500. The predicted octanol–water partition coefficient (Wildman–Crippen LogP) is 1.71. The second-order valence-electron chi connectivity index (χ2n) is 4.73. The summed E-state index contributed by atoms with van der Waals surface area (Å²) in [5.74, 6) is -0.295. The number of rotatable bonds is 6. The number of nitrogens with two attached hydrogens (primary N) is 1. The van der Waals surface area contributed by atoms with E-state index in [0.29, 0.717) is 24.7 Å². The molecular weight excluding hydrogens is 231 g/mol. The monoisotopic (exact) mass is 250 g/mol. The Labute approximate surface area is 107 Å². The van der Waals surface area contributed by atoms with E-state index in [0.717, 1.165) is 19.3 Å². The molecule has 1 aliphatic rings. The van der Waals surface area contributed by atoms with Crippen LogP contribution in [0.1, 0.15) is 24.8 Å². The van der Waals surface area contributed by atoms with Gasteiger partial charge in [0.05, 0.1) is 6.42 Å². The predicted molar refractivity (Wildman–Crippen MR) is 68.5 cm³/mol. The lowest BCUT2D eigenvalue weighted by Gasteiger charge is -2.22. The van der Waals surface area contributed by atoms with Crippen molar-refractivity contribution in [1.29, 1.82) is 0 Å². The van der Waals surface area contributed by atoms with E-state index >= 15 is 0 Å². The van der Waals surface area contributed by atoms with Gasteiger partial charge in [-0.2, -0.15) is 0 Å². The maximum absolute atomic E-state index is 13.5. The third kappa shape index (κ3) is 3.29. The standard InChI is InChI=1S/C14H19FN2O/c15-13-5-2-1-4-11(13)10-14(18)17(9-3-8-16)12-6-7-12/h1-2,4-5,12H,3,6-10,16H2. The molecule has 3 nitrogen and oxygen atoms in total. The minimum atomic E-state index is -0.305. The van der Waals surface area contributed by atoms with Gasteiger partial charge in [-0.1, -0.05) is 18.2 Å². The van der Waals surface area contributed by atoms with E-state index < -0.39 is 0 Å². The van der Waals surface area contributed by atoms with Crippen LogP contribution in [0.4, 0.5) is 4.39 Å². The van der Waals surface area contributed by atoms with Crippen LogP contribution in [-0.4, -0.2) is 29.9 Å². The zero-order valence-electron chi connectivity index (χ0n) is 10.4. The van der Waals surface area contributed by atoms with E-state index in [1.165, 1.54) is 6.07 Å². The molecule has 1 aromatic carbocycles. The van der Waals surface area contributed by atoms with Crippen LogP contribution in [0.5, 0.6) is 0 Å². The molecule has 1 fully saturated rings. The molecule has 0 bridgehead atoms. The van der Waals surface area contributed by atoms with Crippen molar-refractivity contribution in [2.75, 3.05) is 13.1 Å². The van der Waals surface area contributed by atoms with Gasteiger partial charge in [0.1, 0.15) is 5.82 Å². The molecule has 0 unspecified atom stereocenters. The quantitative estimate of drug-likeness (QED) is 0.835. The number of benzene rings is 1. The van der Waals surface area contributed by atoms with Gasteiger partial charge in [-0.15, -0.1) is 0 Å². The summed E-state index contributed by atoms with van der Waals surface area (Å²) in [6, 6.07) is 6.81. The Morgan fingerprint density at radius 1 is 1.39 bits per heavy atom. The zero-order valence-corrected chi connectivity index (χ0v) is 10.4. The zero-order chi connectivity index (χ0) is 13.0. The highest BCUT2D eigenvalue weighted by Gasteiger charge is 2.32. The van der Waals surface area contributed by atoms with Crippen LogP contribution in [0, 0.1) is 5.82 Å². The van der Waals surface area contributed by atoms with E-state index in [2.05, 4.69) is 0 Å². The largest absolute Gasteiger partial charge is 0.339 e. The summed E-state index contributed by atoms with van der Waals surface area (Å²) >= 11 is 0. The van der Waals surface area contributed by atoms with E-state index in [9.17, 15) is 9.18 Å². The van der Waals surface area contributed by atoms with Gasteiger partial charge in [-0.05, 0) is 37.4 Å². The molecule has 2 rings (SSSR count). The van der Waals surface area contributed by atoms with Gasteiger partial charge in [0, 0.05) is 12.6 Å². The summed E-state index contributed by atoms with van der Waals surface area (Å²) in [5, 5.41) is 0. The molecule has 0 aromatic heterocycles. The number of hydrogen-bond acceptors (Lipinski definition) is 2. The Hall–Kier alpha value is -1.42. The lowest BCUT2D eigenvalue weighted by atomic mass is 10.1. The van der Waals surface area contributed by atoms with Crippen molar-refractivity contribution >= 4 is 5.91 Å². The summed E-state index contributed by atoms with van der Waals surface area (Å²) in [5.41, 5.74) is 5.95. The first-order chi connectivity index (χ1) is 8.72. The van der Waals surface area contributed by atoms with Crippen molar-refractivity contribution in [3.8, 4) is 0 Å². The normalized spacial score (nSPS) is 14.6. The lowest BCUT2D eigenvalue weighted by Crippen LogP contribution is -2.36. The molecule has 1 saturated carbocycles. The highest BCUT2D eigenvalue weighted by atomic mass is 19.1. The Morgan fingerprint density at radius 2 is 2.11 bits per heavy atom. The Morgan fingerprint density at radius 3 is 2.72 bits per heavy atom. The van der Waals surface area contributed by atoms with Crippen molar-refractivity contribution in [1.82, 2.24) is 4.90 Å². The molecular formula is C14H19FN2O. The van der Waals surface area contributed by atoms with Gasteiger partial charge in [0.25, 0.3) is 0 Å². The highest BCUT2D eigenvalue weighted by molar-refractivity contribution is 5.79. The number of amides is 1. The third-order valence-corrected chi connectivity index (χ3v) is 3.21. The number of carbonyl (C=O) groups excluding carboxylic acids is 1. The van der Waals surface area contributed by atoms with Gasteiger partial charge in [-0.3, -0.25) is 4.79 Å². The van der Waals surface area contributed by atoms with Gasteiger partial charge >= 0.3 is 0 Å². The number of nitrogens with zero attached hydrogens (tertiary/aromatic N) is 1. The second kappa shape index (κ2) is 5.96. The summed E-state index contributed by atoms with van der Waals surface area (Å²) in [6.07, 6.45) is 3.08. The SMILES string of the molecule is NCCCN(C(=O)Cc1ccccc1F)C1CC1. The van der Waals surface area contributed by atoms with E-state index in [1.54, 1.807) is 18.2 Å². The second-order valence-corrected chi connectivity index (χ2v) is 4.73. The van der Waals surface area contributed by atoms with Crippen molar-refractivity contribution in [3.63, 3.8) is 0 Å². The molecule has 4 heteroatoms. The summed E-state index contributed by atoms with van der Waals surface area (Å²) in [6.45, 7) is 1.27. The third-order valence-electron chi connectivity index (χ3n) is 3.21. The molecule has 0 aliphatic heterocycles. The number of hydrogen-bond donors (Lipinski definition) is 1. The summed E-state index contributed by atoms with van der Waals surface area (Å²) in [7, 11) is 0. The van der Waals surface area contributed by atoms with Gasteiger partial charge in [-0.25, -0.2) is 4.39 Å². The molecule has 1 aliphatic carbocycles. The molecule has 0 radical (unpaired) electrons. The van der Waals surface area contributed by atoms with Gasteiger partial charge < -0.3 is 10.6 Å². The number of halogens is 1. The van der Waals surface area contributed by atoms with Crippen molar-refractivity contribution in [2.24, 2.45) is 5.73 Å². The molecule has 1 aromatic rings. The maximum atomic E-state index is 13.5. The van der Waals surface area contributed by atoms with Gasteiger partial charge in [0.2, 0.25) is 5.91 Å². The van der Waals surface area contributed by atoms with E-state index in [4.69, 9.17) is 5.73 Å². The summed E-state index contributed by atoms with van der Waals surface area (Å²) < 4.78 is 13.5. The van der Waals surface area contributed by atoms with Crippen LogP contribution in [0.2, 0.25) is 0 Å². The topological polar surface area (TPSA) is 46.3 Å². The Balaban J connectivity index is 1.98. The average molecular weight is 250 g/mol. The molecule has 0 heterocycles. The first kappa shape index (κ1) is 13.0. The van der Waals surface area contributed by atoms with Crippen LogP contribution in [-0.2, 0) is 11.2 Å². The Bertz CT molecular complexity index is 418. The fourth-order valence-electron chi connectivity index (χ4n) is 2.06. The maximum Gasteiger partial charge on any atom is 0.227 e. The van der Waals surface area contributed by atoms with Crippen LogP contribution in [0.3, 0.4) is 0 Å². The molecule has 0 saturated heterocycles. The van der Waals surface area contributed by atoms with Crippen molar-refractivity contribution in [2.45, 2.75) is 31.7 Å². The molecule has 0 atom stereocenters. The molecule has 1 amide bonds. The van der Waals surface area contributed by atoms with Gasteiger partial charge in [0.15, 0.2) is 0 Å². The van der Waals surface area contributed by atoms with Crippen LogP contribution >= 0.6 is 0 Å². The van der Waals surface area contributed by atoms with E-state index in [-0.39, 0.29) is 18.1 Å². The minimum Gasteiger partial charge on any atom is -0.339 e. The van der Waals surface area contributed by atoms with Crippen LogP contribution in [0.15, 0.2) is 24.3 Å². The molecule has 2 N–H and O–H groups in total. The Kier molecular flexibility index (Phi) is 4.31. The molecule has 18 heavy (non-hydrogen) atoms. The highest BCUT2D eigenvalue weighted by Crippen LogP contribution is 2.27. The summed E-state index contributed by atoms with van der Waals surface area (Å²) in [4.78, 5) is 14.0. The first-order valence-electron chi connectivity index (χ1n) is 6.45. The fourth-order valence-corrected chi connectivity index (χ4v) is 2.06. The first-order valence-corrected chi connectivity index (χ1v) is 6.45. The number of carbonyl (C=O) groups is 1. The van der Waals surface area contributed by atoms with E-state index in [1.807, 2.05) is 4.90 Å². The molecule has 0 spiro atoms. The molecule has 98 valence electrons. The van der Waals surface area contributed by atoms with Crippen LogP contribution < -0.4 is 5.73 Å². The van der Waals surface area contributed by atoms with Crippen molar-refractivity contribution < 1.29 is 9.18 Å². The lowest BCUT2D eigenvalue weighted by molar-refractivity contribution is -0.131. The van der Waals surface area contributed by atoms with Crippen molar-refractivity contribution in [3.05, 3.63) is 35.6 Å². The smallest absolute Gasteiger partial charge is 0.227 e. The average Bonchev–Trinajstić information content (AvgIpc) is 3.17.